The molecule has 0 bridgehead atoms. The van der Waals surface area contributed by atoms with E-state index in [-0.39, 0.29) is 36.9 Å². The molecule has 2 rings (SSSR count). The van der Waals surface area contributed by atoms with E-state index in [2.05, 4.69) is 48.3 Å². The standard InChI is InChI=1S/C21H33N3O3.C2H6/c1-5-27-21(26)11-16(2)22-12-20(25)24-14-17(3)23(13-18(24)4)15-19-9-7-6-8-10-19;1-2/h6-10,16-18,22H,5,11-15H2,1-4H3;1-2H3. The number of hydrogen-bond acceptors (Lipinski definition) is 5. The van der Waals surface area contributed by atoms with Crippen LogP contribution < -0.4 is 5.32 Å². The van der Waals surface area contributed by atoms with Crippen molar-refractivity contribution < 1.29 is 14.3 Å². The molecule has 1 heterocycles. The highest BCUT2D eigenvalue weighted by molar-refractivity contribution is 5.79. The van der Waals surface area contributed by atoms with Crippen LogP contribution in [0.15, 0.2) is 30.3 Å². The molecule has 1 aliphatic heterocycles. The van der Waals surface area contributed by atoms with Gasteiger partial charge in [-0.05, 0) is 33.3 Å². The molecular formula is C23H39N3O3. The summed E-state index contributed by atoms with van der Waals surface area (Å²) in [4.78, 5) is 28.6. The first-order chi connectivity index (χ1) is 13.9. The highest BCUT2D eigenvalue weighted by Gasteiger charge is 2.31. The molecule has 6 nitrogen and oxygen atoms in total. The predicted molar refractivity (Wildman–Crippen MR) is 118 cm³/mol. The van der Waals surface area contributed by atoms with Gasteiger partial charge < -0.3 is 15.0 Å². The van der Waals surface area contributed by atoms with E-state index in [1.807, 2.05) is 31.7 Å². The fourth-order valence-corrected chi connectivity index (χ4v) is 3.49. The molecule has 1 N–H and O–H groups in total. The summed E-state index contributed by atoms with van der Waals surface area (Å²) in [5.74, 6) is -0.147. The first-order valence-electron chi connectivity index (χ1n) is 10.9. The van der Waals surface area contributed by atoms with Crippen LogP contribution in [0.3, 0.4) is 0 Å². The topological polar surface area (TPSA) is 61.9 Å². The minimum atomic E-state index is -0.235. The third kappa shape index (κ3) is 8.54. The second-order valence-corrected chi connectivity index (χ2v) is 7.45. The van der Waals surface area contributed by atoms with Gasteiger partial charge in [0.1, 0.15) is 0 Å². The number of nitrogens with zero attached hydrogens (tertiary/aromatic N) is 2. The molecule has 1 aliphatic rings. The normalized spacial score (nSPS) is 20.4. The molecule has 1 amide bonds. The molecule has 0 aliphatic carbocycles. The number of ether oxygens (including phenoxy) is 1. The van der Waals surface area contributed by atoms with Crippen molar-refractivity contribution in [3.8, 4) is 0 Å². The van der Waals surface area contributed by atoms with Crippen molar-refractivity contribution in [3.63, 3.8) is 0 Å². The second kappa shape index (κ2) is 13.3. The maximum absolute atomic E-state index is 12.7. The third-order valence-corrected chi connectivity index (χ3v) is 5.04. The summed E-state index contributed by atoms with van der Waals surface area (Å²) >= 11 is 0. The lowest BCUT2D eigenvalue weighted by Crippen LogP contribution is -2.59. The maximum atomic E-state index is 12.7. The second-order valence-electron chi connectivity index (χ2n) is 7.45. The average Bonchev–Trinajstić information content (AvgIpc) is 2.71. The van der Waals surface area contributed by atoms with Crippen molar-refractivity contribution in [3.05, 3.63) is 35.9 Å². The van der Waals surface area contributed by atoms with Gasteiger partial charge in [-0.3, -0.25) is 14.5 Å². The minimum Gasteiger partial charge on any atom is -0.466 e. The molecular weight excluding hydrogens is 366 g/mol. The van der Waals surface area contributed by atoms with Crippen LogP contribution in [-0.4, -0.2) is 66.0 Å². The van der Waals surface area contributed by atoms with E-state index in [1.54, 1.807) is 6.92 Å². The average molecular weight is 406 g/mol. The first kappa shape index (κ1) is 25.1. The fourth-order valence-electron chi connectivity index (χ4n) is 3.49. The van der Waals surface area contributed by atoms with Gasteiger partial charge in [0.05, 0.1) is 19.6 Å². The Morgan fingerprint density at radius 3 is 2.41 bits per heavy atom. The summed E-state index contributed by atoms with van der Waals surface area (Å²) in [5, 5.41) is 3.15. The molecule has 0 saturated carbocycles. The summed E-state index contributed by atoms with van der Waals surface area (Å²) in [6.45, 7) is 15.1. The van der Waals surface area contributed by atoms with Crippen LogP contribution in [-0.2, 0) is 20.9 Å². The molecule has 1 aromatic rings. The van der Waals surface area contributed by atoms with Gasteiger partial charge in [-0.15, -0.1) is 0 Å². The lowest BCUT2D eigenvalue weighted by atomic mass is 10.1. The Morgan fingerprint density at radius 1 is 1.14 bits per heavy atom. The number of benzene rings is 1. The zero-order valence-electron chi connectivity index (χ0n) is 19.0. The zero-order valence-corrected chi connectivity index (χ0v) is 19.0. The van der Waals surface area contributed by atoms with Crippen molar-refractivity contribution in [1.82, 2.24) is 15.1 Å². The van der Waals surface area contributed by atoms with Gasteiger partial charge in [0.25, 0.3) is 0 Å². The number of carbonyl (C=O) groups excluding carboxylic acids is 2. The smallest absolute Gasteiger partial charge is 0.307 e. The van der Waals surface area contributed by atoms with Gasteiger partial charge in [0, 0.05) is 37.8 Å². The Hall–Kier alpha value is -1.92. The van der Waals surface area contributed by atoms with Crippen LogP contribution in [0.2, 0.25) is 0 Å². The van der Waals surface area contributed by atoms with E-state index < -0.39 is 0 Å². The van der Waals surface area contributed by atoms with E-state index in [0.29, 0.717) is 12.6 Å². The van der Waals surface area contributed by atoms with Crippen LogP contribution in [0.25, 0.3) is 0 Å². The molecule has 29 heavy (non-hydrogen) atoms. The van der Waals surface area contributed by atoms with Gasteiger partial charge in [-0.25, -0.2) is 0 Å². The Kier molecular flexibility index (Phi) is 11.5. The molecule has 1 fully saturated rings. The van der Waals surface area contributed by atoms with Crippen molar-refractivity contribution in [2.45, 2.75) is 72.6 Å². The molecule has 0 radical (unpaired) electrons. The molecule has 1 aromatic carbocycles. The molecule has 6 heteroatoms. The minimum absolute atomic E-state index is 0.0832. The number of hydrogen-bond donors (Lipinski definition) is 1. The number of rotatable bonds is 8. The third-order valence-electron chi connectivity index (χ3n) is 5.04. The van der Waals surface area contributed by atoms with Crippen molar-refractivity contribution in [2.75, 3.05) is 26.2 Å². The number of esters is 1. The Bertz CT molecular complexity index is 609. The van der Waals surface area contributed by atoms with Crippen molar-refractivity contribution in [2.24, 2.45) is 0 Å². The Balaban J connectivity index is 0.00000204. The monoisotopic (exact) mass is 405 g/mol. The number of carbonyl (C=O) groups is 2. The summed E-state index contributed by atoms with van der Waals surface area (Å²) < 4.78 is 4.95. The SMILES string of the molecule is CC.CCOC(=O)CC(C)NCC(=O)N1CC(C)N(Cc2ccccc2)CC1C. The maximum Gasteiger partial charge on any atom is 0.307 e. The molecule has 3 atom stereocenters. The molecule has 3 unspecified atom stereocenters. The van der Waals surface area contributed by atoms with E-state index >= 15 is 0 Å². The zero-order chi connectivity index (χ0) is 21.8. The van der Waals surface area contributed by atoms with E-state index in [9.17, 15) is 9.59 Å². The Morgan fingerprint density at radius 2 is 1.79 bits per heavy atom. The quantitative estimate of drug-likeness (QED) is 0.674. The molecule has 1 saturated heterocycles. The van der Waals surface area contributed by atoms with Crippen molar-refractivity contribution in [1.29, 1.82) is 0 Å². The van der Waals surface area contributed by atoms with Gasteiger partial charge >= 0.3 is 5.97 Å². The summed E-state index contributed by atoms with van der Waals surface area (Å²) in [6.07, 6.45) is 0.276. The molecule has 164 valence electrons. The number of piperazine rings is 1. The van der Waals surface area contributed by atoms with Crippen LogP contribution in [0, 0.1) is 0 Å². The first-order valence-corrected chi connectivity index (χ1v) is 10.9. The van der Waals surface area contributed by atoms with Gasteiger partial charge in [0.2, 0.25) is 5.91 Å². The number of nitrogens with one attached hydrogen (secondary N) is 1. The summed E-state index contributed by atoms with van der Waals surface area (Å²) in [7, 11) is 0. The van der Waals surface area contributed by atoms with E-state index in [1.165, 1.54) is 5.56 Å². The predicted octanol–water partition coefficient (Wildman–Crippen LogP) is 3.07. The fraction of sp³-hybridized carbons (Fsp3) is 0.652. The van der Waals surface area contributed by atoms with E-state index in [0.717, 1.165) is 19.6 Å². The highest BCUT2D eigenvalue weighted by Crippen LogP contribution is 2.18. The molecule has 0 aromatic heterocycles. The van der Waals surface area contributed by atoms with E-state index in [4.69, 9.17) is 4.74 Å². The summed E-state index contributed by atoms with van der Waals surface area (Å²) in [5.41, 5.74) is 1.30. The lowest BCUT2D eigenvalue weighted by molar-refractivity contribution is -0.144. The van der Waals surface area contributed by atoms with Crippen LogP contribution in [0.1, 0.15) is 53.5 Å². The summed E-state index contributed by atoms with van der Waals surface area (Å²) in [6, 6.07) is 10.8. The molecule has 0 spiro atoms. The largest absolute Gasteiger partial charge is 0.466 e. The van der Waals surface area contributed by atoms with Crippen molar-refractivity contribution >= 4 is 11.9 Å². The Labute approximate surface area is 176 Å². The van der Waals surface area contributed by atoms with Gasteiger partial charge in [-0.2, -0.15) is 0 Å². The van der Waals surface area contributed by atoms with Gasteiger partial charge in [-0.1, -0.05) is 44.2 Å². The highest BCUT2D eigenvalue weighted by atomic mass is 16.5. The van der Waals surface area contributed by atoms with Crippen LogP contribution in [0.5, 0.6) is 0 Å². The van der Waals surface area contributed by atoms with Gasteiger partial charge in [0.15, 0.2) is 0 Å². The number of amides is 1. The van der Waals surface area contributed by atoms with Crippen LogP contribution >= 0.6 is 0 Å². The lowest BCUT2D eigenvalue weighted by Gasteiger charge is -2.44. The van der Waals surface area contributed by atoms with Crippen LogP contribution in [0.4, 0.5) is 0 Å².